The Labute approximate surface area is 70.5 Å². The second-order valence-corrected chi connectivity index (χ2v) is 5.74. The average molecular weight is 174 g/mol. The van der Waals surface area contributed by atoms with Crippen LogP contribution in [0.4, 0.5) is 0 Å². The van der Waals surface area contributed by atoms with Crippen LogP contribution in [0.25, 0.3) is 0 Å². The predicted octanol–water partition coefficient (Wildman–Crippen LogP) is 2.25. The molecule has 0 saturated carbocycles. The van der Waals surface area contributed by atoms with E-state index >= 15 is 0 Å². The maximum Gasteiger partial charge on any atom is 0.364 e. The van der Waals surface area contributed by atoms with Gasteiger partial charge in [0.05, 0.1) is 0 Å². The van der Waals surface area contributed by atoms with Crippen LogP contribution >= 0.6 is 0 Å². The van der Waals surface area contributed by atoms with Gasteiger partial charge in [-0.3, -0.25) is 0 Å². The molecular formula is C8H18O2Si. The molecule has 3 heteroatoms. The van der Waals surface area contributed by atoms with E-state index in [1.165, 1.54) is 0 Å². The van der Waals surface area contributed by atoms with Crippen molar-refractivity contribution in [2.24, 2.45) is 0 Å². The van der Waals surface area contributed by atoms with Crippen LogP contribution in [0, 0.1) is 0 Å². The van der Waals surface area contributed by atoms with Crippen LogP contribution < -0.4 is 0 Å². The molecule has 0 aromatic heterocycles. The summed E-state index contributed by atoms with van der Waals surface area (Å²) in [5, 5.41) is 0. The largest absolute Gasteiger partial charge is 0.395 e. The van der Waals surface area contributed by atoms with Crippen molar-refractivity contribution < 1.29 is 8.85 Å². The summed E-state index contributed by atoms with van der Waals surface area (Å²) >= 11 is 0. The first kappa shape index (κ1) is 10.9. The fourth-order valence-corrected chi connectivity index (χ4v) is 3.33. The molecule has 0 aromatic rings. The molecule has 0 amide bonds. The van der Waals surface area contributed by atoms with Crippen LogP contribution in [0.5, 0.6) is 0 Å². The second-order valence-electron chi connectivity index (χ2n) is 2.47. The molecule has 11 heavy (non-hydrogen) atoms. The van der Waals surface area contributed by atoms with Crippen LogP contribution in [-0.4, -0.2) is 22.8 Å². The Bertz CT molecular complexity index is 119. The van der Waals surface area contributed by atoms with Gasteiger partial charge >= 0.3 is 8.56 Å². The Balaban J connectivity index is 4.19. The summed E-state index contributed by atoms with van der Waals surface area (Å²) in [6, 6.07) is 1.03. The van der Waals surface area contributed by atoms with Gasteiger partial charge in [0.15, 0.2) is 0 Å². The molecule has 0 saturated heterocycles. The first-order valence-corrected chi connectivity index (χ1v) is 6.09. The Morgan fingerprint density at radius 1 is 1.27 bits per heavy atom. The van der Waals surface area contributed by atoms with Crippen molar-refractivity contribution in [1.82, 2.24) is 0 Å². The third-order valence-corrected chi connectivity index (χ3v) is 5.13. The zero-order valence-corrected chi connectivity index (χ0v) is 8.89. The van der Waals surface area contributed by atoms with E-state index in [0.29, 0.717) is 0 Å². The Hall–Kier alpha value is -0.123. The number of hydrogen-bond donors (Lipinski definition) is 0. The molecule has 0 bridgehead atoms. The lowest BCUT2D eigenvalue weighted by atomic mass is 10.6. The maximum atomic E-state index is 5.40. The zero-order valence-electron chi connectivity index (χ0n) is 7.89. The molecule has 0 rings (SSSR count). The lowest BCUT2D eigenvalue weighted by Gasteiger charge is -2.22. The van der Waals surface area contributed by atoms with Crippen molar-refractivity contribution in [3.8, 4) is 0 Å². The molecule has 0 fully saturated rings. The normalized spacial score (nSPS) is 12.7. The van der Waals surface area contributed by atoms with Crippen molar-refractivity contribution in [1.29, 1.82) is 0 Å². The molecule has 2 nitrogen and oxygen atoms in total. The highest BCUT2D eigenvalue weighted by Gasteiger charge is 2.30. The van der Waals surface area contributed by atoms with Crippen molar-refractivity contribution >= 4 is 8.56 Å². The van der Waals surface area contributed by atoms with Gasteiger partial charge in [-0.25, -0.2) is 0 Å². The van der Waals surface area contributed by atoms with Gasteiger partial charge in [-0.05, 0) is 18.7 Å². The molecule has 0 aliphatic heterocycles. The van der Waals surface area contributed by atoms with Gasteiger partial charge in [0.25, 0.3) is 0 Å². The molecule has 0 spiro atoms. The van der Waals surface area contributed by atoms with Gasteiger partial charge in [0, 0.05) is 14.2 Å². The Kier molecular flexibility index (Phi) is 5.46. The van der Waals surface area contributed by atoms with E-state index in [1.54, 1.807) is 14.2 Å². The Morgan fingerprint density at radius 3 is 2.09 bits per heavy atom. The monoisotopic (exact) mass is 174 g/mol. The van der Waals surface area contributed by atoms with Gasteiger partial charge < -0.3 is 8.85 Å². The van der Waals surface area contributed by atoms with E-state index in [0.717, 1.165) is 12.5 Å². The van der Waals surface area contributed by atoms with Gasteiger partial charge in [0.2, 0.25) is 0 Å². The van der Waals surface area contributed by atoms with Crippen molar-refractivity contribution in [2.45, 2.75) is 26.3 Å². The second kappa shape index (κ2) is 5.52. The van der Waals surface area contributed by atoms with E-state index < -0.39 is 8.56 Å². The highest BCUT2D eigenvalue weighted by atomic mass is 28.4. The van der Waals surface area contributed by atoms with Crippen LogP contribution in [0.1, 0.15) is 20.3 Å². The standard InChI is InChI=1S/C8H18O2Si/c1-5-7-11(9-3,10-4)8-6-2/h5,7H,6,8H2,1-4H3. The van der Waals surface area contributed by atoms with Gasteiger partial charge in [0.1, 0.15) is 0 Å². The minimum atomic E-state index is -1.92. The van der Waals surface area contributed by atoms with E-state index in [-0.39, 0.29) is 0 Å². The summed E-state index contributed by atoms with van der Waals surface area (Å²) in [5.74, 6) is 0. The molecule has 0 atom stereocenters. The van der Waals surface area contributed by atoms with Crippen LogP contribution in [0.15, 0.2) is 11.8 Å². The van der Waals surface area contributed by atoms with Crippen LogP contribution in [-0.2, 0) is 8.85 Å². The lowest BCUT2D eigenvalue weighted by Crippen LogP contribution is -2.37. The number of rotatable bonds is 5. The lowest BCUT2D eigenvalue weighted by molar-refractivity contribution is 0.255. The first-order valence-electron chi connectivity index (χ1n) is 3.98. The molecule has 0 radical (unpaired) electrons. The van der Waals surface area contributed by atoms with Crippen molar-refractivity contribution in [2.75, 3.05) is 14.2 Å². The zero-order chi connectivity index (χ0) is 8.74. The van der Waals surface area contributed by atoms with Crippen molar-refractivity contribution in [3.63, 3.8) is 0 Å². The predicted molar refractivity (Wildman–Crippen MR) is 49.7 cm³/mol. The smallest absolute Gasteiger partial charge is 0.364 e. The molecule has 0 N–H and O–H groups in total. The number of hydrogen-bond acceptors (Lipinski definition) is 2. The molecule has 0 aliphatic carbocycles. The van der Waals surface area contributed by atoms with Gasteiger partial charge in [-0.2, -0.15) is 0 Å². The molecule has 0 aromatic carbocycles. The third-order valence-electron chi connectivity index (χ3n) is 1.71. The maximum absolute atomic E-state index is 5.40. The van der Waals surface area contributed by atoms with E-state index in [9.17, 15) is 0 Å². The van der Waals surface area contributed by atoms with E-state index in [1.807, 2.05) is 13.0 Å². The van der Waals surface area contributed by atoms with E-state index in [2.05, 4.69) is 12.6 Å². The quantitative estimate of drug-likeness (QED) is 0.595. The molecule has 0 unspecified atom stereocenters. The molecule has 66 valence electrons. The summed E-state index contributed by atoms with van der Waals surface area (Å²) in [4.78, 5) is 0. The molecule has 0 heterocycles. The van der Waals surface area contributed by atoms with Gasteiger partial charge in [-0.1, -0.05) is 19.4 Å². The minimum absolute atomic E-state index is 1.03. The topological polar surface area (TPSA) is 18.5 Å². The average Bonchev–Trinajstić information content (AvgIpc) is 2.04. The summed E-state index contributed by atoms with van der Waals surface area (Å²) in [6.07, 6.45) is 3.12. The van der Waals surface area contributed by atoms with Crippen LogP contribution in [0.3, 0.4) is 0 Å². The van der Waals surface area contributed by atoms with E-state index in [4.69, 9.17) is 8.85 Å². The number of allylic oxidation sites excluding steroid dienone is 1. The van der Waals surface area contributed by atoms with Gasteiger partial charge in [-0.15, -0.1) is 0 Å². The highest BCUT2D eigenvalue weighted by Crippen LogP contribution is 2.15. The molecule has 0 aliphatic rings. The first-order chi connectivity index (χ1) is 5.24. The summed E-state index contributed by atoms with van der Waals surface area (Å²) < 4.78 is 10.8. The van der Waals surface area contributed by atoms with Crippen molar-refractivity contribution in [3.05, 3.63) is 11.8 Å². The SMILES string of the molecule is CC=C[Si](CCC)(OC)OC. The van der Waals surface area contributed by atoms with Crippen LogP contribution in [0.2, 0.25) is 6.04 Å². The third kappa shape index (κ3) is 3.18. The minimum Gasteiger partial charge on any atom is -0.395 e. The molecular weight excluding hydrogens is 156 g/mol. The fraction of sp³-hybridized carbons (Fsp3) is 0.750. The Morgan fingerprint density at radius 2 is 1.82 bits per heavy atom. The summed E-state index contributed by atoms with van der Waals surface area (Å²) in [5.41, 5.74) is 2.08. The summed E-state index contributed by atoms with van der Waals surface area (Å²) in [7, 11) is 1.53. The summed E-state index contributed by atoms with van der Waals surface area (Å²) in [6.45, 7) is 4.14. The highest BCUT2D eigenvalue weighted by molar-refractivity contribution is 6.72. The fourth-order valence-electron chi connectivity index (χ4n) is 1.11.